The number of carbonyl (C=O) groups is 3. The number of carboxylic acid groups (broad SMARTS) is 1. The van der Waals surface area contributed by atoms with E-state index in [-0.39, 0.29) is 60.3 Å². The zero-order valence-electron chi connectivity index (χ0n) is 24.7. The molecule has 2 saturated heterocycles. The van der Waals surface area contributed by atoms with Crippen molar-refractivity contribution in [1.82, 2.24) is 9.88 Å². The Morgan fingerprint density at radius 3 is 2.67 bits per heavy atom. The van der Waals surface area contributed by atoms with E-state index in [0.29, 0.717) is 43.6 Å². The Morgan fingerprint density at radius 1 is 1.13 bits per heavy atom. The van der Waals surface area contributed by atoms with E-state index < -0.39 is 40.8 Å². The number of hydrogen-bond acceptors (Lipinski definition) is 8. The Morgan fingerprint density at radius 2 is 1.93 bits per heavy atom. The summed E-state index contributed by atoms with van der Waals surface area (Å²) in [6.45, 7) is 4.46. The van der Waals surface area contributed by atoms with Gasteiger partial charge in [0.15, 0.2) is 23.1 Å². The molecule has 2 fully saturated rings. The minimum Gasteiger partial charge on any atom is -0.487 e. The summed E-state index contributed by atoms with van der Waals surface area (Å²) >= 11 is 0. The smallest absolute Gasteiger partial charge is 0.414 e. The van der Waals surface area contributed by atoms with Gasteiger partial charge in [-0.25, -0.2) is 18.4 Å². The van der Waals surface area contributed by atoms with Crippen molar-refractivity contribution in [1.29, 1.82) is 0 Å². The van der Waals surface area contributed by atoms with E-state index in [1.165, 1.54) is 30.2 Å². The maximum atomic E-state index is 15.7. The van der Waals surface area contributed by atoms with Crippen LogP contribution in [0.15, 0.2) is 35.3 Å². The molecule has 0 bridgehead atoms. The van der Waals surface area contributed by atoms with Gasteiger partial charge >= 0.3 is 12.1 Å². The van der Waals surface area contributed by atoms with E-state index in [2.05, 4.69) is 5.32 Å². The molecule has 3 aliphatic rings. The molecular formula is C31H32F2N4O8. The second-order valence-electron chi connectivity index (χ2n) is 11.5. The van der Waals surface area contributed by atoms with E-state index in [1.54, 1.807) is 10.6 Å². The Bertz CT molecular complexity index is 1760. The number of anilines is 2. The summed E-state index contributed by atoms with van der Waals surface area (Å²) in [6.07, 6.45) is 1.30. The van der Waals surface area contributed by atoms with Crippen LogP contribution in [0, 0.1) is 11.6 Å². The van der Waals surface area contributed by atoms with Gasteiger partial charge in [0.05, 0.1) is 35.7 Å². The first-order chi connectivity index (χ1) is 21.5. The highest BCUT2D eigenvalue weighted by Gasteiger charge is 2.34. The molecule has 45 heavy (non-hydrogen) atoms. The number of aromatic carboxylic acids is 1. The Hall–Kier alpha value is -4.88. The molecule has 12 nitrogen and oxygen atoms in total. The van der Waals surface area contributed by atoms with Gasteiger partial charge in [-0.05, 0) is 38.0 Å². The second-order valence-corrected chi connectivity index (χ2v) is 11.5. The normalized spacial score (nSPS) is 21.2. The number of rotatable bonds is 7. The maximum absolute atomic E-state index is 15.7. The van der Waals surface area contributed by atoms with Crippen molar-refractivity contribution in [3.8, 4) is 11.5 Å². The Balaban J connectivity index is 1.18. The van der Waals surface area contributed by atoms with Crippen LogP contribution in [0.1, 0.15) is 49.5 Å². The van der Waals surface area contributed by atoms with Crippen molar-refractivity contribution in [2.75, 3.05) is 42.6 Å². The molecule has 3 aliphatic heterocycles. The molecular weight excluding hydrogens is 594 g/mol. The molecule has 4 heterocycles. The molecule has 6 rings (SSSR count). The van der Waals surface area contributed by atoms with Crippen LogP contribution in [-0.2, 0) is 9.53 Å². The van der Waals surface area contributed by atoms with Gasteiger partial charge in [-0.1, -0.05) is 0 Å². The van der Waals surface area contributed by atoms with Gasteiger partial charge in [0, 0.05) is 38.7 Å². The van der Waals surface area contributed by atoms with E-state index in [1.807, 2.05) is 11.8 Å². The van der Waals surface area contributed by atoms with Gasteiger partial charge in [-0.3, -0.25) is 14.5 Å². The first-order valence-electron chi connectivity index (χ1n) is 14.7. The minimum absolute atomic E-state index is 0.0158. The average Bonchev–Trinajstić information content (AvgIpc) is 3.21. The van der Waals surface area contributed by atoms with Gasteiger partial charge in [-0.2, -0.15) is 0 Å². The zero-order chi connectivity index (χ0) is 32.0. The molecule has 238 valence electrons. The van der Waals surface area contributed by atoms with Crippen LogP contribution in [0.5, 0.6) is 11.5 Å². The molecule has 1 aromatic heterocycles. The molecule has 3 aromatic rings. The van der Waals surface area contributed by atoms with Crippen LogP contribution < -0.4 is 30.0 Å². The predicted molar refractivity (Wildman–Crippen MR) is 159 cm³/mol. The summed E-state index contributed by atoms with van der Waals surface area (Å²) in [4.78, 5) is 51.2. The fourth-order valence-electron chi connectivity index (χ4n) is 6.09. The quantitative estimate of drug-likeness (QED) is 0.401. The number of hydrogen-bond donors (Lipinski definition) is 2. The summed E-state index contributed by atoms with van der Waals surface area (Å²) in [5.74, 6) is -2.77. The summed E-state index contributed by atoms with van der Waals surface area (Å²) in [6, 6.07) is 5.01. The van der Waals surface area contributed by atoms with Crippen LogP contribution in [0.3, 0.4) is 0 Å². The highest BCUT2D eigenvalue weighted by atomic mass is 19.1. The van der Waals surface area contributed by atoms with Gasteiger partial charge in [0.25, 0.3) is 0 Å². The van der Waals surface area contributed by atoms with Crippen molar-refractivity contribution in [2.45, 2.75) is 51.4 Å². The number of benzene rings is 2. The van der Waals surface area contributed by atoms with E-state index in [9.17, 15) is 24.3 Å². The lowest BCUT2D eigenvalue weighted by Crippen LogP contribution is -2.33. The molecule has 0 aliphatic carbocycles. The molecule has 2 N–H and O–H groups in total. The van der Waals surface area contributed by atoms with Crippen LogP contribution in [-0.4, -0.2) is 72.6 Å². The monoisotopic (exact) mass is 626 g/mol. The third-order valence-corrected chi connectivity index (χ3v) is 8.34. The molecule has 0 spiro atoms. The highest BCUT2D eigenvalue weighted by Crippen LogP contribution is 2.42. The Kier molecular flexibility index (Phi) is 7.97. The first-order valence-corrected chi connectivity index (χ1v) is 14.7. The number of halogens is 2. The van der Waals surface area contributed by atoms with E-state index in [4.69, 9.17) is 14.2 Å². The molecule has 2 unspecified atom stereocenters. The number of nitrogens with one attached hydrogen (secondary N) is 1. The van der Waals surface area contributed by atoms with Crippen molar-refractivity contribution in [3.63, 3.8) is 0 Å². The van der Waals surface area contributed by atoms with Crippen molar-refractivity contribution >= 4 is 40.2 Å². The van der Waals surface area contributed by atoms with Crippen LogP contribution in [0.2, 0.25) is 0 Å². The summed E-state index contributed by atoms with van der Waals surface area (Å²) < 4.78 is 49.8. The fourth-order valence-corrected chi connectivity index (χ4v) is 6.09. The Labute approximate surface area is 256 Å². The third kappa shape index (κ3) is 5.71. The van der Waals surface area contributed by atoms with Gasteiger partial charge in [-0.15, -0.1) is 0 Å². The van der Waals surface area contributed by atoms with Crippen LogP contribution in [0.25, 0.3) is 10.9 Å². The van der Waals surface area contributed by atoms with Gasteiger partial charge in [0.1, 0.15) is 30.1 Å². The standard InChI is InChI=1S/C31H32F2N4O8/c1-16-15-43-29-26-21(28(39)22(30(40)41)14-36(16)26)11-24(33)27(29)35-8-3-4-19(7-9-35)44-25-6-5-18(10-23(25)32)37-13-20(45-31(37)42)12-34-17(2)38/h5-6,10-11,14,16,19-20H,3-4,7-9,12-13,15H2,1-2H3,(H,34,38)(H,40,41)/t16?,19?,20-/m0/s1. The number of ether oxygens (including phenoxy) is 3. The zero-order valence-corrected chi connectivity index (χ0v) is 24.7. The summed E-state index contributed by atoms with van der Waals surface area (Å²) in [5.41, 5.74) is -0.372. The van der Waals surface area contributed by atoms with Crippen molar-refractivity contribution in [2.24, 2.45) is 0 Å². The molecule has 2 amide bonds. The van der Waals surface area contributed by atoms with E-state index >= 15 is 8.78 Å². The minimum atomic E-state index is -1.38. The predicted octanol–water partition coefficient (Wildman–Crippen LogP) is 3.83. The molecule has 0 radical (unpaired) electrons. The molecule has 3 atom stereocenters. The number of carbonyl (C=O) groups excluding carboxylic acids is 2. The molecule has 14 heteroatoms. The lowest BCUT2D eigenvalue weighted by Gasteiger charge is -2.32. The van der Waals surface area contributed by atoms with Crippen LogP contribution in [0.4, 0.5) is 25.0 Å². The van der Waals surface area contributed by atoms with Gasteiger partial charge in [0.2, 0.25) is 11.3 Å². The third-order valence-electron chi connectivity index (χ3n) is 8.34. The number of nitrogens with zero attached hydrogens (tertiary/aromatic N) is 3. The van der Waals surface area contributed by atoms with Crippen molar-refractivity contribution < 1.29 is 42.5 Å². The largest absolute Gasteiger partial charge is 0.487 e. The number of pyridine rings is 1. The number of aromatic nitrogens is 1. The number of carboxylic acids is 1. The summed E-state index contributed by atoms with van der Waals surface area (Å²) in [5, 5.41) is 12.1. The topological polar surface area (TPSA) is 140 Å². The molecule has 2 aromatic carbocycles. The lowest BCUT2D eigenvalue weighted by molar-refractivity contribution is -0.119. The van der Waals surface area contributed by atoms with Crippen molar-refractivity contribution in [3.05, 3.63) is 57.9 Å². The van der Waals surface area contributed by atoms with E-state index in [0.717, 1.165) is 6.07 Å². The number of amides is 2. The van der Waals surface area contributed by atoms with Gasteiger partial charge < -0.3 is 34.1 Å². The second kappa shape index (κ2) is 11.9. The maximum Gasteiger partial charge on any atom is 0.414 e. The fraction of sp³-hybridized carbons (Fsp3) is 0.419. The SMILES string of the molecule is CC(=O)NC[C@H]1CN(c2ccc(OC3CCCN(c4c(F)cc5c(=O)c(C(=O)O)cn6c5c4OCC6C)CC3)c(F)c2)C(=O)O1. The molecule has 0 saturated carbocycles. The first kappa shape index (κ1) is 30.2. The highest BCUT2D eigenvalue weighted by molar-refractivity contribution is 5.97. The summed E-state index contributed by atoms with van der Waals surface area (Å²) in [7, 11) is 0. The average molecular weight is 627 g/mol. The number of cyclic esters (lactones) is 1. The lowest BCUT2D eigenvalue weighted by atomic mass is 10.1. The van der Waals surface area contributed by atoms with Crippen LogP contribution >= 0.6 is 0 Å².